The smallest absolute Gasteiger partial charge is 0.149 e. The highest BCUT2D eigenvalue weighted by Gasteiger charge is 2.32. The van der Waals surface area contributed by atoms with Gasteiger partial charge in [0.25, 0.3) is 0 Å². The van der Waals surface area contributed by atoms with Crippen molar-refractivity contribution in [3.8, 4) is 0 Å². The molecule has 1 aliphatic heterocycles. The third kappa shape index (κ3) is 2.89. The Morgan fingerprint density at radius 1 is 1.32 bits per heavy atom. The first kappa shape index (κ1) is 14.3. The number of rotatable bonds is 3. The number of hydrogen-bond acceptors (Lipinski definition) is 2. The molecule has 0 aliphatic carbocycles. The molecule has 1 N–H and O–H groups in total. The van der Waals surface area contributed by atoms with E-state index in [0.29, 0.717) is 12.5 Å². The average Bonchev–Trinajstić information content (AvgIpc) is 2.38. The summed E-state index contributed by atoms with van der Waals surface area (Å²) in [5, 5.41) is 3.45. The predicted octanol–water partition coefficient (Wildman–Crippen LogP) is 3.18. The zero-order chi connectivity index (χ0) is 14.0. The standard InChI is InChI=1S/C15H22F2N2/c1-4-11-9-19(14(8-18-11)10(2)3)15-12(16)6-5-7-13(15)17/h5-7,10-11,14,18H,4,8-9H2,1-3H3. The second-order valence-electron chi connectivity index (χ2n) is 5.55. The lowest BCUT2D eigenvalue weighted by Crippen LogP contribution is -2.58. The van der Waals surface area contributed by atoms with E-state index in [9.17, 15) is 8.78 Å². The molecule has 1 aromatic rings. The van der Waals surface area contributed by atoms with Crippen molar-refractivity contribution in [3.63, 3.8) is 0 Å². The summed E-state index contributed by atoms with van der Waals surface area (Å²) in [6.45, 7) is 7.68. The molecule has 4 heteroatoms. The van der Waals surface area contributed by atoms with Gasteiger partial charge in [-0.05, 0) is 24.5 Å². The zero-order valence-electron chi connectivity index (χ0n) is 11.8. The number of nitrogens with zero attached hydrogens (tertiary/aromatic N) is 1. The first-order chi connectivity index (χ1) is 9.04. The summed E-state index contributed by atoms with van der Waals surface area (Å²) in [7, 11) is 0. The molecule has 1 saturated heterocycles. The van der Waals surface area contributed by atoms with Gasteiger partial charge >= 0.3 is 0 Å². The van der Waals surface area contributed by atoms with E-state index >= 15 is 0 Å². The maximum Gasteiger partial charge on any atom is 0.149 e. The van der Waals surface area contributed by atoms with Gasteiger partial charge in [-0.3, -0.25) is 0 Å². The van der Waals surface area contributed by atoms with Crippen LogP contribution in [-0.4, -0.2) is 25.2 Å². The molecule has 0 amide bonds. The van der Waals surface area contributed by atoms with Gasteiger partial charge in [0.15, 0.2) is 0 Å². The average molecular weight is 268 g/mol. The van der Waals surface area contributed by atoms with E-state index in [0.717, 1.165) is 13.0 Å². The molecule has 106 valence electrons. The van der Waals surface area contributed by atoms with Gasteiger partial charge in [0.05, 0.1) is 0 Å². The number of piperazine rings is 1. The summed E-state index contributed by atoms with van der Waals surface area (Å²) in [5.41, 5.74) is 0.126. The highest BCUT2D eigenvalue weighted by Crippen LogP contribution is 2.29. The molecule has 19 heavy (non-hydrogen) atoms. The Labute approximate surface area is 113 Å². The number of benzene rings is 1. The third-order valence-electron chi connectivity index (χ3n) is 3.92. The second-order valence-corrected chi connectivity index (χ2v) is 5.55. The minimum Gasteiger partial charge on any atom is -0.361 e. The van der Waals surface area contributed by atoms with Crippen molar-refractivity contribution < 1.29 is 8.78 Å². The molecule has 1 aromatic carbocycles. The second kappa shape index (κ2) is 5.87. The van der Waals surface area contributed by atoms with E-state index in [4.69, 9.17) is 0 Å². The number of halogens is 2. The van der Waals surface area contributed by atoms with Crippen LogP contribution in [0, 0.1) is 17.6 Å². The zero-order valence-corrected chi connectivity index (χ0v) is 11.8. The molecule has 2 rings (SSSR count). The van der Waals surface area contributed by atoms with Crippen LogP contribution in [0.25, 0.3) is 0 Å². The molecular weight excluding hydrogens is 246 g/mol. The highest BCUT2D eigenvalue weighted by molar-refractivity contribution is 5.51. The van der Waals surface area contributed by atoms with Crippen LogP contribution in [0.15, 0.2) is 18.2 Å². The van der Waals surface area contributed by atoms with Crippen molar-refractivity contribution in [1.29, 1.82) is 0 Å². The van der Waals surface area contributed by atoms with Gasteiger partial charge in [0, 0.05) is 25.2 Å². The molecule has 0 spiro atoms. The van der Waals surface area contributed by atoms with Crippen molar-refractivity contribution >= 4 is 5.69 Å². The molecule has 2 unspecified atom stereocenters. The summed E-state index contributed by atoms with van der Waals surface area (Å²) in [6.07, 6.45) is 0.956. The van der Waals surface area contributed by atoms with Crippen LogP contribution < -0.4 is 10.2 Å². The first-order valence-electron chi connectivity index (χ1n) is 6.98. The molecule has 0 aromatic heterocycles. The van der Waals surface area contributed by atoms with E-state index in [1.165, 1.54) is 18.2 Å². The monoisotopic (exact) mass is 268 g/mol. The van der Waals surface area contributed by atoms with Crippen LogP contribution in [0.4, 0.5) is 14.5 Å². The van der Waals surface area contributed by atoms with Crippen LogP contribution in [-0.2, 0) is 0 Å². The lowest BCUT2D eigenvalue weighted by molar-refractivity contribution is 0.328. The summed E-state index contributed by atoms with van der Waals surface area (Å²) in [4.78, 5) is 1.90. The van der Waals surface area contributed by atoms with Crippen molar-refractivity contribution in [2.24, 2.45) is 5.92 Å². The Hall–Kier alpha value is -1.16. The maximum atomic E-state index is 14.0. The fraction of sp³-hybridized carbons (Fsp3) is 0.600. The fourth-order valence-electron chi connectivity index (χ4n) is 2.72. The summed E-state index contributed by atoms with van der Waals surface area (Å²) in [6, 6.07) is 4.48. The van der Waals surface area contributed by atoms with Gasteiger partial charge in [-0.1, -0.05) is 26.8 Å². The molecule has 0 radical (unpaired) electrons. The van der Waals surface area contributed by atoms with Crippen molar-refractivity contribution in [1.82, 2.24) is 5.32 Å². The van der Waals surface area contributed by atoms with Gasteiger partial charge in [-0.2, -0.15) is 0 Å². The predicted molar refractivity (Wildman–Crippen MR) is 74.4 cm³/mol. The highest BCUT2D eigenvalue weighted by atomic mass is 19.1. The molecule has 1 aliphatic rings. The largest absolute Gasteiger partial charge is 0.361 e. The molecule has 2 atom stereocenters. The van der Waals surface area contributed by atoms with Crippen LogP contribution in [0.3, 0.4) is 0 Å². The number of para-hydroxylation sites is 1. The topological polar surface area (TPSA) is 15.3 Å². The van der Waals surface area contributed by atoms with E-state index in [1.807, 2.05) is 4.90 Å². The first-order valence-corrected chi connectivity index (χ1v) is 6.98. The van der Waals surface area contributed by atoms with Crippen LogP contribution >= 0.6 is 0 Å². The van der Waals surface area contributed by atoms with Crippen molar-refractivity contribution in [3.05, 3.63) is 29.8 Å². The normalized spacial score (nSPS) is 24.0. The Morgan fingerprint density at radius 3 is 2.47 bits per heavy atom. The molecule has 1 fully saturated rings. The number of hydrogen-bond donors (Lipinski definition) is 1. The summed E-state index contributed by atoms with van der Waals surface area (Å²) >= 11 is 0. The number of anilines is 1. The third-order valence-corrected chi connectivity index (χ3v) is 3.92. The molecule has 1 heterocycles. The SMILES string of the molecule is CCC1CN(c2c(F)cccc2F)C(C(C)C)CN1. The minimum absolute atomic E-state index is 0.120. The van der Waals surface area contributed by atoms with Gasteiger partial charge < -0.3 is 10.2 Å². The van der Waals surface area contributed by atoms with Gasteiger partial charge in [-0.15, -0.1) is 0 Å². The van der Waals surface area contributed by atoms with E-state index in [2.05, 4.69) is 26.1 Å². The van der Waals surface area contributed by atoms with Crippen LogP contribution in [0.1, 0.15) is 27.2 Å². The summed E-state index contributed by atoms with van der Waals surface area (Å²) < 4.78 is 28.0. The van der Waals surface area contributed by atoms with Crippen molar-refractivity contribution in [2.75, 3.05) is 18.0 Å². The van der Waals surface area contributed by atoms with Crippen LogP contribution in [0.5, 0.6) is 0 Å². The molecular formula is C15H22F2N2. The van der Waals surface area contributed by atoms with Gasteiger partial charge in [-0.25, -0.2) is 8.78 Å². The summed E-state index contributed by atoms with van der Waals surface area (Å²) in [5.74, 6) is -0.603. The lowest BCUT2D eigenvalue weighted by Gasteiger charge is -2.43. The van der Waals surface area contributed by atoms with Crippen LogP contribution in [0.2, 0.25) is 0 Å². The van der Waals surface area contributed by atoms with E-state index < -0.39 is 11.6 Å². The Kier molecular flexibility index (Phi) is 4.40. The van der Waals surface area contributed by atoms with Crippen molar-refractivity contribution in [2.45, 2.75) is 39.3 Å². The Morgan fingerprint density at radius 2 is 1.95 bits per heavy atom. The molecule has 0 saturated carbocycles. The maximum absolute atomic E-state index is 14.0. The quantitative estimate of drug-likeness (QED) is 0.905. The van der Waals surface area contributed by atoms with E-state index in [-0.39, 0.29) is 17.8 Å². The van der Waals surface area contributed by atoms with Gasteiger partial charge in [0.1, 0.15) is 17.3 Å². The lowest BCUT2D eigenvalue weighted by atomic mass is 9.96. The Bertz CT molecular complexity index is 414. The molecule has 2 nitrogen and oxygen atoms in total. The molecule has 0 bridgehead atoms. The Balaban J connectivity index is 2.36. The fourth-order valence-corrected chi connectivity index (χ4v) is 2.72. The number of nitrogens with one attached hydrogen (secondary N) is 1. The van der Waals surface area contributed by atoms with Gasteiger partial charge in [0.2, 0.25) is 0 Å². The minimum atomic E-state index is -0.470. The van der Waals surface area contributed by atoms with E-state index in [1.54, 1.807) is 0 Å².